The number of benzene rings is 2. The van der Waals surface area contributed by atoms with Crippen LogP contribution < -0.4 is 5.32 Å². The molecule has 0 saturated carbocycles. The van der Waals surface area contributed by atoms with Crippen molar-refractivity contribution in [3.8, 4) is 0 Å². The van der Waals surface area contributed by atoms with Crippen molar-refractivity contribution in [2.45, 2.75) is 18.4 Å². The van der Waals surface area contributed by atoms with Crippen LogP contribution in [0, 0.1) is 5.82 Å². The molecule has 0 saturated heterocycles. The molecule has 2 rings (SSSR count). The molecule has 1 N–H and O–H groups in total. The van der Waals surface area contributed by atoms with E-state index in [1.54, 1.807) is 43.3 Å². The van der Waals surface area contributed by atoms with E-state index in [9.17, 15) is 12.8 Å². The monoisotopic (exact) mass is 371 g/mol. The van der Waals surface area contributed by atoms with Gasteiger partial charge in [-0.05, 0) is 30.3 Å². The number of rotatable bonds is 5. The van der Waals surface area contributed by atoms with E-state index < -0.39 is 9.84 Å². The standard InChI is InChI=1S/C15H15BrFNO2S/c1-2-21(19,20)15-6-4-3-5-14(15)18-10-11-9-12(16)7-8-13(11)17/h3-9,18H,2,10H2,1H3. The minimum absolute atomic E-state index is 0.0247. The fourth-order valence-electron chi connectivity index (χ4n) is 1.91. The molecule has 0 unspecified atom stereocenters. The number of para-hydroxylation sites is 1. The summed E-state index contributed by atoms with van der Waals surface area (Å²) in [5, 5.41) is 3.00. The average molecular weight is 372 g/mol. The minimum atomic E-state index is -3.32. The molecule has 6 heteroatoms. The van der Waals surface area contributed by atoms with Crippen LogP contribution in [-0.4, -0.2) is 14.2 Å². The molecule has 0 radical (unpaired) electrons. The molecule has 0 atom stereocenters. The quantitative estimate of drug-likeness (QED) is 0.863. The first-order valence-electron chi connectivity index (χ1n) is 6.43. The van der Waals surface area contributed by atoms with Gasteiger partial charge < -0.3 is 5.32 Å². The van der Waals surface area contributed by atoms with Gasteiger partial charge in [0, 0.05) is 16.6 Å². The van der Waals surface area contributed by atoms with E-state index in [0.717, 1.165) is 4.47 Å². The summed E-state index contributed by atoms with van der Waals surface area (Å²) < 4.78 is 38.5. The van der Waals surface area contributed by atoms with Gasteiger partial charge in [0.05, 0.1) is 16.3 Å². The third kappa shape index (κ3) is 3.83. The van der Waals surface area contributed by atoms with Crippen LogP contribution in [0.5, 0.6) is 0 Å². The molecule has 0 aliphatic carbocycles. The summed E-state index contributed by atoms with van der Waals surface area (Å²) in [5.41, 5.74) is 0.951. The van der Waals surface area contributed by atoms with Crippen LogP contribution in [0.3, 0.4) is 0 Å². The average Bonchev–Trinajstić information content (AvgIpc) is 2.48. The first kappa shape index (κ1) is 16.0. The summed E-state index contributed by atoms with van der Waals surface area (Å²) in [4.78, 5) is 0.239. The first-order valence-corrected chi connectivity index (χ1v) is 8.88. The molecule has 0 aliphatic rings. The zero-order chi connectivity index (χ0) is 15.5. The van der Waals surface area contributed by atoms with Crippen LogP contribution in [-0.2, 0) is 16.4 Å². The second kappa shape index (κ2) is 6.58. The van der Waals surface area contributed by atoms with Gasteiger partial charge in [0.25, 0.3) is 0 Å². The third-order valence-electron chi connectivity index (χ3n) is 3.08. The van der Waals surface area contributed by atoms with E-state index in [1.165, 1.54) is 6.07 Å². The van der Waals surface area contributed by atoms with Gasteiger partial charge in [-0.1, -0.05) is 35.0 Å². The van der Waals surface area contributed by atoms with Crippen molar-refractivity contribution in [2.24, 2.45) is 0 Å². The van der Waals surface area contributed by atoms with Crippen LogP contribution in [0.2, 0.25) is 0 Å². The van der Waals surface area contributed by atoms with E-state index in [1.807, 2.05) is 0 Å². The van der Waals surface area contributed by atoms with Crippen LogP contribution in [0.1, 0.15) is 12.5 Å². The highest BCUT2D eigenvalue weighted by atomic mass is 79.9. The Kier molecular flexibility index (Phi) is 5.00. The van der Waals surface area contributed by atoms with Crippen LogP contribution >= 0.6 is 15.9 Å². The molecule has 0 aliphatic heterocycles. The molecule has 112 valence electrons. The maximum atomic E-state index is 13.7. The van der Waals surface area contributed by atoms with Gasteiger partial charge in [-0.15, -0.1) is 0 Å². The van der Waals surface area contributed by atoms with Crippen molar-refractivity contribution in [1.29, 1.82) is 0 Å². The first-order chi connectivity index (χ1) is 9.94. The van der Waals surface area contributed by atoms with Gasteiger partial charge in [-0.2, -0.15) is 0 Å². The lowest BCUT2D eigenvalue weighted by molar-refractivity contribution is 0.597. The Morgan fingerprint density at radius 2 is 1.90 bits per heavy atom. The predicted octanol–water partition coefficient (Wildman–Crippen LogP) is 3.99. The zero-order valence-corrected chi connectivity index (χ0v) is 13.8. The number of halogens is 2. The molecule has 0 bridgehead atoms. The summed E-state index contributed by atoms with van der Waals surface area (Å²) in [7, 11) is -3.32. The summed E-state index contributed by atoms with van der Waals surface area (Å²) in [6.07, 6.45) is 0. The number of sulfone groups is 1. The maximum Gasteiger partial charge on any atom is 0.180 e. The number of hydrogen-bond donors (Lipinski definition) is 1. The molecule has 0 amide bonds. The predicted molar refractivity (Wildman–Crippen MR) is 85.6 cm³/mol. The van der Waals surface area contributed by atoms with Crippen molar-refractivity contribution < 1.29 is 12.8 Å². The molecule has 0 aromatic heterocycles. The lowest BCUT2D eigenvalue weighted by Crippen LogP contribution is -2.09. The second-order valence-electron chi connectivity index (χ2n) is 4.49. The Morgan fingerprint density at radius 3 is 2.62 bits per heavy atom. The van der Waals surface area contributed by atoms with E-state index in [-0.39, 0.29) is 23.0 Å². The SMILES string of the molecule is CCS(=O)(=O)c1ccccc1NCc1cc(Br)ccc1F. The lowest BCUT2D eigenvalue weighted by Gasteiger charge is -2.12. The topological polar surface area (TPSA) is 46.2 Å². The zero-order valence-electron chi connectivity index (χ0n) is 11.4. The largest absolute Gasteiger partial charge is 0.380 e. The van der Waals surface area contributed by atoms with Crippen molar-refractivity contribution in [1.82, 2.24) is 0 Å². The van der Waals surface area contributed by atoms with Gasteiger partial charge in [-0.25, -0.2) is 12.8 Å². The fourth-order valence-corrected chi connectivity index (χ4v) is 3.39. The summed E-state index contributed by atoms with van der Waals surface area (Å²) in [6, 6.07) is 11.3. The van der Waals surface area contributed by atoms with E-state index in [2.05, 4.69) is 21.2 Å². The molecular formula is C15H15BrFNO2S. The fraction of sp³-hybridized carbons (Fsp3) is 0.200. The minimum Gasteiger partial charge on any atom is -0.380 e. The van der Waals surface area contributed by atoms with Gasteiger partial charge in [0.15, 0.2) is 9.84 Å². The highest BCUT2D eigenvalue weighted by molar-refractivity contribution is 9.10. The highest BCUT2D eigenvalue weighted by Crippen LogP contribution is 2.23. The highest BCUT2D eigenvalue weighted by Gasteiger charge is 2.16. The summed E-state index contributed by atoms with van der Waals surface area (Å²) in [6.45, 7) is 1.81. The smallest absolute Gasteiger partial charge is 0.180 e. The maximum absolute atomic E-state index is 13.7. The van der Waals surface area contributed by atoms with Crippen molar-refractivity contribution >= 4 is 31.5 Å². The Bertz CT molecular complexity index is 747. The number of anilines is 1. The third-order valence-corrected chi connectivity index (χ3v) is 5.36. The molecule has 0 spiro atoms. The molecule has 3 nitrogen and oxygen atoms in total. The Labute approximate surface area is 132 Å². The molecular weight excluding hydrogens is 357 g/mol. The Morgan fingerprint density at radius 1 is 1.19 bits per heavy atom. The van der Waals surface area contributed by atoms with Gasteiger partial charge in [0.2, 0.25) is 0 Å². The lowest BCUT2D eigenvalue weighted by atomic mass is 10.2. The number of nitrogens with one attached hydrogen (secondary N) is 1. The van der Waals surface area contributed by atoms with Crippen molar-refractivity contribution in [3.63, 3.8) is 0 Å². The molecule has 21 heavy (non-hydrogen) atoms. The normalized spacial score (nSPS) is 11.4. The van der Waals surface area contributed by atoms with Gasteiger partial charge in [0.1, 0.15) is 5.82 Å². The van der Waals surface area contributed by atoms with Crippen molar-refractivity contribution in [3.05, 3.63) is 58.3 Å². The molecule has 0 heterocycles. The van der Waals surface area contributed by atoms with E-state index in [4.69, 9.17) is 0 Å². The van der Waals surface area contributed by atoms with Crippen LogP contribution in [0.25, 0.3) is 0 Å². The van der Waals surface area contributed by atoms with Crippen LogP contribution in [0.15, 0.2) is 51.8 Å². The molecule has 2 aromatic carbocycles. The van der Waals surface area contributed by atoms with E-state index >= 15 is 0 Å². The summed E-state index contributed by atoms with van der Waals surface area (Å²) in [5.74, 6) is -0.307. The summed E-state index contributed by atoms with van der Waals surface area (Å²) >= 11 is 3.29. The molecule has 0 fully saturated rings. The molecule has 2 aromatic rings. The van der Waals surface area contributed by atoms with Crippen molar-refractivity contribution in [2.75, 3.05) is 11.1 Å². The number of hydrogen-bond acceptors (Lipinski definition) is 3. The Hall–Kier alpha value is -1.40. The Balaban J connectivity index is 2.27. The van der Waals surface area contributed by atoms with E-state index in [0.29, 0.717) is 11.3 Å². The van der Waals surface area contributed by atoms with Gasteiger partial charge in [-0.3, -0.25) is 0 Å². The van der Waals surface area contributed by atoms with Crippen LogP contribution in [0.4, 0.5) is 10.1 Å². The van der Waals surface area contributed by atoms with Gasteiger partial charge >= 0.3 is 0 Å². The second-order valence-corrected chi connectivity index (χ2v) is 7.65.